The van der Waals surface area contributed by atoms with Crippen LogP contribution < -0.4 is 9.47 Å². The van der Waals surface area contributed by atoms with Crippen LogP contribution >= 0.6 is 11.6 Å². The molecule has 0 unspecified atom stereocenters. The Morgan fingerprint density at radius 2 is 1.96 bits per heavy atom. The van der Waals surface area contributed by atoms with E-state index >= 15 is 0 Å². The summed E-state index contributed by atoms with van der Waals surface area (Å²) in [6, 6.07) is 5.27. The summed E-state index contributed by atoms with van der Waals surface area (Å²) in [5, 5.41) is 8.19. The highest BCUT2D eigenvalue weighted by atomic mass is 35.5. The lowest BCUT2D eigenvalue weighted by atomic mass is 10.1. The summed E-state index contributed by atoms with van der Waals surface area (Å²) in [4.78, 5) is 18.6. The molecule has 0 N–H and O–H groups in total. The van der Waals surface area contributed by atoms with Gasteiger partial charge in [-0.05, 0) is 25.1 Å². The van der Waals surface area contributed by atoms with Crippen LogP contribution in [0.1, 0.15) is 5.69 Å². The van der Waals surface area contributed by atoms with Crippen molar-refractivity contribution in [1.82, 2.24) is 25.0 Å². The van der Waals surface area contributed by atoms with Gasteiger partial charge in [0.1, 0.15) is 0 Å². The molecule has 0 spiro atoms. The van der Waals surface area contributed by atoms with Crippen molar-refractivity contribution in [1.29, 1.82) is 0 Å². The van der Waals surface area contributed by atoms with Crippen molar-refractivity contribution < 1.29 is 27.4 Å². The van der Waals surface area contributed by atoms with E-state index in [0.29, 0.717) is 22.0 Å². The molecule has 3 rings (SSSR count). The molecule has 1 aromatic carbocycles. The van der Waals surface area contributed by atoms with Crippen LogP contribution in [0.4, 0.5) is 13.2 Å². The van der Waals surface area contributed by atoms with Gasteiger partial charge in [-0.2, -0.15) is 23.1 Å². The third-order valence-electron chi connectivity index (χ3n) is 3.40. The number of ether oxygens (including phenoxy) is 2. The largest absolute Gasteiger partial charge is 0.491 e. The summed E-state index contributed by atoms with van der Waals surface area (Å²) in [5.74, 6) is -2.57. The topological polar surface area (TPSA) is 92.0 Å². The Morgan fingerprint density at radius 1 is 1.21 bits per heavy atom. The Labute approximate surface area is 160 Å². The van der Waals surface area contributed by atoms with Crippen LogP contribution in [-0.2, 0) is 4.79 Å². The summed E-state index contributed by atoms with van der Waals surface area (Å²) >= 11 is 6.06. The summed E-state index contributed by atoms with van der Waals surface area (Å²) in [6.07, 6.45) is -3.57. The van der Waals surface area contributed by atoms with E-state index in [1.54, 1.807) is 25.3 Å². The number of nitrogens with zero attached hydrogens (tertiary/aromatic N) is 5. The van der Waals surface area contributed by atoms with Crippen LogP contribution in [0.15, 0.2) is 30.5 Å². The number of carbonyl (C=O) groups excluding carboxylic acids is 1. The van der Waals surface area contributed by atoms with Crippen LogP contribution in [0.3, 0.4) is 0 Å². The van der Waals surface area contributed by atoms with E-state index in [2.05, 4.69) is 25.0 Å². The number of aromatic nitrogens is 5. The molecule has 0 fully saturated rings. The number of benzene rings is 1. The predicted molar refractivity (Wildman–Crippen MR) is 90.4 cm³/mol. The smallest absolute Gasteiger partial charge is 0.481 e. The molecular formula is C16H11ClF3N5O3. The molecule has 3 aromatic rings. The molecule has 8 nitrogen and oxygen atoms in total. The summed E-state index contributed by atoms with van der Waals surface area (Å²) in [7, 11) is 1.25. The number of rotatable bonds is 4. The highest BCUT2D eigenvalue weighted by Crippen LogP contribution is 2.31. The van der Waals surface area contributed by atoms with Gasteiger partial charge in [-0.3, -0.25) is 0 Å². The van der Waals surface area contributed by atoms with Crippen molar-refractivity contribution in [3.63, 3.8) is 0 Å². The minimum Gasteiger partial charge on any atom is -0.481 e. The maximum Gasteiger partial charge on any atom is 0.491 e. The quantitative estimate of drug-likeness (QED) is 0.606. The van der Waals surface area contributed by atoms with Gasteiger partial charge in [0.05, 0.1) is 30.4 Å². The second-order valence-electron chi connectivity index (χ2n) is 5.43. The first-order valence-corrected chi connectivity index (χ1v) is 7.96. The van der Waals surface area contributed by atoms with E-state index in [9.17, 15) is 18.0 Å². The van der Waals surface area contributed by atoms with E-state index < -0.39 is 18.2 Å². The van der Waals surface area contributed by atoms with Crippen molar-refractivity contribution >= 4 is 17.6 Å². The van der Waals surface area contributed by atoms with Crippen molar-refractivity contribution in [2.75, 3.05) is 7.11 Å². The Bertz CT molecular complexity index is 1040. The van der Waals surface area contributed by atoms with Gasteiger partial charge in [0.2, 0.25) is 5.88 Å². The Balaban J connectivity index is 2.12. The highest BCUT2D eigenvalue weighted by Gasteiger charge is 2.42. The van der Waals surface area contributed by atoms with Gasteiger partial charge < -0.3 is 9.47 Å². The maximum absolute atomic E-state index is 12.5. The fourth-order valence-corrected chi connectivity index (χ4v) is 2.38. The molecule has 146 valence electrons. The van der Waals surface area contributed by atoms with Gasteiger partial charge in [0.15, 0.2) is 0 Å². The van der Waals surface area contributed by atoms with Crippen LogP contribution in [0.2, 0.25) is 5.02 Å². The summed E-state index contributed by atoms with van der Waals surface area (Å²) < 4.78 is 48.1. The lowest BCUT2D eigenvalue weighted by Gasteiger charge is -2.12. The molecule has 0 bridgehead atoms. The van der Waals surface area contributed by atoms with Gasteiger partial charge in [0, 0.05) is 16.7 Å². The number of alkyl halides is 3. The molecule has 0 aliphatic rings. The van der Waals surface area contributed by atoms with E-state index in [-0.39, 0.29) is 11.6 Å². The van der Waals surface area contributed by atoms with E-state index in [1.165, 1.54) is 23.9 Å². The number of carbonyl (C=O) groups is 1. The van der Waals surface area contributed by atoms with Crippen molar-refractivity contribution in [2.45, 2.75) is 13.1 Å². The SMILES string of the molecule is COc1cc(-c2cc(Cl)ccc2-n2cc(C)nn2)nc(OC(=O)C(F)(F)F)n1. The first-order chi connectivity index (χ1) is 13.2. The second kappa shape index (κ2) is 7.43. The molecule has 2 aromatic heterocycles. The zero-order valence-corrected chi connectivity index (χ0v) is 15.1. The average Bonchev–Trinajstić information content (AvgIpc) is 3.06. The van der Waals surface area contributed by atoms with Gasteiger partial charge in [-0.1, -0.05) is 16.8 Å². The van der Waals surface area contributed by atoms with Gasteiger partial charge in [-0.25, -0.2) is 9.48 Å². The second-order valence-corrected chi connectivity index (χ2v) is 5.87. The average molecular weight is 414 g/mol. The summed E-state index contributed by atoms with van der Waals surface area (Å²) in [6.45, 7) is 1.74. The summed E-state index contributed by atoms with van der Waals surface area (Å²) in [5.41, 5.74) is 1.60. The van der Waals surface area contributed by atoms with E-state index in [1.807, 2.05) is 0 Å². The third kappa shape index (κ3) is 4.19. The lowest BCUT2D eigenvalue weighted by molar-refractivity contribution is -0.190. The van der Waals surface area contributed by atoms with Crippen LogP contribution in [0, 0.1) is 6.92 Å². The van der Waals surface area contributed by atoms with E-state index in [4.69, 9.17) is 16.3 Å². The van der Waals surface area contributed by atoms with Crippen LogP contribution in [-0.4, -0.2) is 44.2 Å². The van der Waals surface area contributed by atoms with Gasteiger partial charge >= 0.3 is 18.2 Å². The molecule has 12 heteroatoms. The predicted octanol–water partition coefficient (Wildman–Crippen LogP) is 3.16. The third-order valence-corrected chi connectivity index (χ3v) is 3.63. The monoisotopic (exact) mass is 413 g/mol. The standard InChI is InChI=1S/C16H11ClF3N5O3/c1-8-7-25(24-23-8)12-4-3-9(17)5-10(12)11-6-13(27-2)22-15(21-11)28-14(26)16(18,19)20/h3-7H,1-2H3. The molecule has 0 saturated carbocycles. The van der Waals surface area contributed by atoms with Crippen LogP contribution in [0.25, 0.3) is 16.9 Å². The molecular weight excluding hydrogens is 403 g/mol. The first kappa shape index (κ1) is 19.5. The highest BCUT2D eigenvalue weighted by molar-refractivity contribution is 6.31. The normalized spacial score (nSPS) is 11.4. The number of methoxy groups -OCH3 is 1. The molecule has 2 heterocycles. The maximum atomic E-state index is 12.5. The zero-order chi connectivity index (χ0) is 20.5. The minimum atomic E-state index is -5.20. The molecule has 0 aliphatic heterocycles. The zero-order valence-electron chi connectivity index (χ0n) is 14.4. The van der Waals surface area contributed by atoms with Crippen molar-refractivity contribution in [3.05, 3.63) is 41.2 Å². The molecule has 28 heavy (non-hydrogen) atoms. The minimum absolute atomic E-state index is 0.0995. The first-order valence-electron chi connectivity index (χ1n) is 7.58. The fraction of sp³-hybridized carbons (Fsp3) is 0.188. The number of aryl methyl sites for hydroxylation is 1. The Kier molecular flexibility index (Phi) is 5.18. The number of halogens is 4. The van der Waals surface area contributed by atoms with Crippen LogP contribution in [0.5, 0.6) is 11.9 Å². The van der Waals surface area contributed by atoms with Crippen molar-refractivity contribution in [3.8, 4) is 28.8 Å². The number of hydrogen-bond donors (Lipinski definition) is 0. The molecule has 0 saturated heterocycles. The lowest BCUT2D eigenvalue weighted by Crippen LogP contribution is -2.28. The number of hydrogen-bond acceptors (Lipinski definition) is 7. The molecule has 0 radical (unpaired) electrons. The Hall–Kier alpha value is -3.21. The van der Waals surface area contributed by atoms with E-state index in [0.717, 1.165) is 0 Å². The molecule has 0 atom stereocenters. The number of esters is 1. The fourth-order valence-electron chi connectivity index (χ4n) is 2.21. The van der Waals surface area contributed by atoms with Gasteiger partial charge in [0.25, 0.3) is 0 Å². The molecule has 0 aliphatic carbocycles. The van der Waals surface area contributed by atoms with Gasteiger partial charge in [-0.15, -0.1) is 5.10 Å². The molecule has 0 amide bonds. The Morgan fingerprint density at radius 3 is 2.57 bits per heavy atom. The van der Waals surface area contributed by atoms with Crippen molar-refractivity contribution in [2.24, 2.45) is 0 Å².